The lowest BCUT2D eigenvalue weighted by molar-refractivity contribution is 0.744. The number of alkyl halides is 1. The van der Waals surface area contributed by atoms with Gasteiger partial charge < -0.3 is 0 Å². The number of aryl methyl sites for hydroxylation is 2. The molecule has 0 unspecified atom stereocenters. The molecule has 3 aromatic rings. The quantitative estimate of drug-likeness (QED) is 0.662. The van der Waals surface area contributed by atoms with Crippen LogP contribution in [0.3, 0.4) is 0 Å². The summed E-state index contributed by atoms with van der Waals surface area (Å²) < 4.78 is 3.75. The van der Waals surface area contributed by atoms with Gasteiger partial charge in [-0.2, -0.15) is 5.10 Å². The Labute approximate surface area is 137 Å². The molecule has 7 heteroatoms. The zero-order valence-electron chi connectivity index (χ0n) is 11.6. The zero-order chi connectivity index (χ0) is 15.1. The largest absolute Gasteiger partial charge is 0.278 e. The monoisotopic (exact) mass is 342 g/mol. The first kappa shape index (κ1) is 14.7. The van der Waals surface area contributed by atoms with Crippen LogP contribution in [0.2, 0.25) is 10.0 Å². The Balaban J connectivity index is 2.37. The molecular weight excluding hydrogens is 331 g/mol. The van der Waals surface area contributed by atoms with Crippen LogP contribution in [0.5, 0.6) is 0 Å². The van der Waals surface area contributed by atoms with Crippen LogP contribution < -0.4 is 0 Å². The second kappa shape index (κ2) is 5.52. The Morgan fingerprint density at radius 2 is 2.00 bits per heavy atom. The van der Waals surface area contributed by atoms with Crippen LogP contribution in [0.1, 0.15) is 18.4 Å². The molecule has 0 spiro atoms. The molecule has 110 valence electrons. The zero-order valence-corrected chi connectivity index (χ0v) is 13.8. The summed E-state index contributed by atoms with van der Waals surface area (Å²) in [7, 11) is 1.89. The number of benzene rings is 1. The average molecular weight is 344 g/mol. The summed E-state index contributed by atoms with van der Waals surface area (Å²) in [6.07, 6.45) is 0.810. The van der Waals surface area contributed by atoms with Crippen LogP contribution in [-0.2, 0) is 19.3 Å². The number of nitrogens with zero attached hydrogens (tertiary/aromatic N) is 4. The molecule has 0 aliphatic carbocycles. The summed E-state index contributed by atoms with van der Waals surface area (Å²) in [5.74, 6) is 1.02. The third-order valence-electron chi connectivity index (χ3n) is 3.38. The Bertz CT molecular complexity index is 819. The van der Waals surface area contributed by atoms with Crippen molar-refractivity contribution in [1.82, 2.24) is 19.3 Å². The lowest BCUT2D eigenvalue weighted by atomic mass is 10.3. The van der Waals surface area contributed by atoms with Crippen molar-refractivity contribution in [2.24, 2.45) is 7.05 Å². The van der Waals surface area contributed by atoms with Crippen LogP contribution in [0.4, 0.5) is 0 Å². The standard InChI is InChI=1S/C14H13Cl3N4/c1-3-10-13-14(20(2)19-10)21(12(7-15)18-13)11-5-4-8(16)6-9(11)17/h4-6H,3,7H2,1-2H3. The summed E-state index contributed by atoms with van der Waals surface area (Å²) >= 11 is 18.4. The molecule has 2 aromatic heterocycles. The molecule has 0 saturated heterocycles. The number of rotatable bonds is 3. The summed E-state index contributed by atoms with van der Waals surface area (Å²) in [5, 5.41) is 5.64. The highest BCUT2D eigenvalue weighted by Crippen LogP contribution is 2.30. The highest BCUT2D eigenvalue weighted by molar-refractivity contribution is 6.35. The lowest BCUT2D eigenvalue weighted by Gasteiger charge is -2.10. The van der Waals surface area contributed by atoms with E-state index < -0.39 is 0 Å². The van der Waals surface area contributed by atoms with Gasteiger partial charge in [-0.25, -0.2) is 9.67 Å². The third-order valence-corrected chi connectivity index (χ3v) is 4.16. The fourth-order valence-corrected chi connectivity index (χ4v) is 3.14. The maximum absolute atomic E-state index is 6.34. The van der Waals surface area contributed by atoms with E-state index in [-0.39, 0.29) is 5.88 Å². The van der Waals surface area contributed by atoms with Gasteiger partial charge in [0.25, 0.3) is 0 Å². The van der Waals surface area contributed by atoms with E-state index in [1.807, 2.05) is 22.4 Å². The Morgan fingerprint density at radius 3 is 2.62 bits per heavy atom. The van der Waals surface area contributed by atoms with E-state index in [0.29, 0.717) is 10.0 Å². The fraction of sp³-hybridized carbons (Fsp3) is 0.286. The highest BCUT2D eigenvalue weighted by atomic mass is 35.5. The van der Waals surface area contributed by atoms with Crippen LogP contribution in [0, 0.1) is 0 Å². The SMILES string of the molecule is CCc1nn(C)c2c1nc(CCl)n2-c1ccc(Cl)cc1Cl. The van der Waals surface area contributed by atoms with E-state index in [4.69, 9.17) is 34.8 Å². The number of hydrogen-bond donors (Lipinski definition) is 0. The first-order valence-corrected chi connectivity index (χ1v) is 7.80. The Hall–Kier alpha value is -1.23. The summed E-state index contributed by atoms with van der Waals surface area (Å²) in [6.45, 7) is 2.05. The minimum atomic E-state index is 0.288. The van der Waals surface area contributed by atoms with E-state index in [9.17, 15) is 0 Å². The van der Waals surface area contributed by atoms with Gasteiger partial charge in [0.15, 0.2) is 5.65 Å². The molecule has 3 rings (SSSR count). The Morgan fingerprint density at radius 1 is 1.24 bits per heavy atom. The van der Waals surface area contributed by atoms with Gasteiger partial charge in [0.05, 0.1) is 22.3 Å². The fourth-order valence-electron chi connectivity index (χ4n) is 2.47. The molecule has 0 bridgehead atoms. The molecule has 0 amide bonds. The molecule has 1 aromatic carbocycles. The van der Waals surface area contributed by atoms with E-state index in [2.05, 4.69) is 17.0 Å². The summed E-state index contributed by atoms with van der Waals surface area (Å²) in [6, 6.07) is 5.36. The minimum absolute atomic E-state index is 0.288. The van der Waals surface area contributed by atoms with Crippen molar-refractivity contribution in [3.8, 4) is 5.69 Å². The summed E-state index contributed by atoms with van der Waals surface area (Å²) in [5.41, 5.74) is 3.49. The third kappa shape index (κ3) is 2.31. The van der Waals surface area contributed by atoms with Crippen molar-refractivity contribution < 1.29 is 0 Å². The smallest absolute Gasteiger partial charge is 0.163 e. The number of hydrogen-bond acceptors (Lipinski definition) is 2. The molecule has 0 saturated carbocycles. The van der Waals surface area contributed by atoms with Crippen LogP contribution in [-0.4, -0.2) is 19.3 Å². The molecule has 0 aliphatic rings. The number of aromatic nitrogens is 4. The van der Waals surface area contributed by atoms with Gasteiger partial charge in [0.2, 0.25) is 0 Å². The normalized spacial score (nSPS) is 11.5. The lowest BCUT2D eigenvalue weighted by Crippen LogP contribution is -2.05. The van der Waals surface area contributed by atoms with Crippen molar-refractivity contribution in [3.63, 3.8) is 0 Å². The van der Waals surface area contributed by atoms with E-state index in [1.165, 1.54) is 0 Å². The van der Waals surface area contributed by atoms with Crippen molar-refractivity contribution >= 4 is 46.0 Å². The van der Waals surface area contributed by atoms with Crippen molar-refractivity contribution in [2.45, 2.75) is 19.2 Å². The molecule has 0 aliphatic heterocycles. The van der Waals surface area contributed by atoms with Gasteiger partial charge in [-0.15, -0.1) is 11.6 Å². The average Bonchev–Trinajstić information content (AvgIpc) is 2.97. The predicted octanol–water partition coefficient (Wildman–Crippen LogP) is 4.37. The summed E-state index contributed by atoms with van der Waals surface area (Å²) in [4.78, 5) is 4.62. The van der Waals surface area contributed by atoms with Crippen LogP contribution in [0.15, 0.2) is 18.2 Å². The van der Waals surface area contributed by atoms with Crippen molar-refractivity contribution in [1.29, 1.82) is 0 Å². The minimum Gasteiger partial charge on any atom is -0.278 e. The molecule has 4 nitrogen and oxygen atoms in total. The molecule has 0 radical (unpaired) electrons. The van der Waals surface area contributed by atoms with Crippen LogP contribution >= 0.6 is 34.8 Å². The van der Waals surface area contributed by atoms with Gasteiger partial charge in [-0.3, -0.25) is 4.57 Å². The first-order valence-electron chi connectivity index (χ1n) is 6.51. The molecular formula is C14H13Cl3N4. The molecule has 0 fully saturated rings. The van der Waals surface area contributed by atoms with Gasteiger partial charge in [-0.05, 0) is 24.6 Å². The van der Waals surface area contributed by atoms with E-state index in [1.54, 1.807) is 12.1 Å². The topological polar surface area (TPSA) is 35.6 Å². The van der Waals surface area contributed by atoms with E-state index >= 15 is 0 Å². The van der Waals surface area contributed by atoms with Gasteiger partial charge in [0.1, 0.15) is 11.3 Å². The van der Waals surface area contributed by atoms with Gasteiger partial charge in [0, 0.05) is 12.1 Å². The van der Waals surface area contributed by atoms with Gasteiger partial charge in [-0.1, -0.05) is 30.1 Å². The Kier molecular flexibility index (Phi) is 3.86. The number of fused-ring (bicyclic) bond motifs is 1. The van der Waals surface area contributed by atoms with Crippen molar-refractivity contribution in [2.75, 3.05) is 0 Å². The van der Waals surface area contributed by atoms with Crippen LogP contribution in [0.25, 0.3) is 16.9 Å². The number of imidazole rings is 1. The number of halogens is 3. The highest BCUT2D eigenvalue weighted by Gasteiger charge is 2.20. The first-order chi connectivity index (χ1) is 10.1. The van der Waals surface area contributed by atoms with Crippen molar-refractivity contribution in [3.05, 3.63) is 39.8 Å². The molecule has 0 atom stereocenters. The van der Waals surface area contributed by atoms with E-state index in [0.717, 1.165) is 34.8 Å². The van der Waals surface area contributed by atoms with Gasteiger partial charge >= 0.3 is 0 Å². The maximum Gasteiger partial charge on any atom is 0.163 e. The molecule has 0 N–H and O–H groups in total. The predicted molar refractivity (Wildman–Crippen MR) is 86.8 cm³/mol. The second-order valence-electron chi connectivity index (χ2n) is 4.69. The molecule has 21 heavy (non-hydrogen) atoms. The molecule has 2 heterocycles. The second-order valence-corrected chi connectivity index (χ2v) is 5.80. The maximum atomic E-state index is 6.34.